The molecular weight excluding hydrogens is 350 g/mol. The lowest BCUT2D eigenvalue weighted by molar-refractivity contribution is 0.0951. The Hall–Kier alpha value is -1.15. The molecule has 0 saturated carbocycles. The molecule has 3 aliphatic heterocycles. The summed E-state index contributed by atoms with van der Waals surface area (Å²) in [4.78, 5) is 2.52. The Kier molecular flexibility index (Phi) is 4.98. The Morgan fingerprint density at radius 1 is 1.15 bits per heavy atom. The molecule has 2 fully saturated rings. The molecule has 0 radical (unpaired) electrons. The molecule has 0 bridgehead atoms. The van der Waals surface area contributed by atoms with Gasteiger partial charge >= 0.3 is 0 Å². The van der Waals surface area contributed by atoms with Crippen LogP contribution in [0.3, 0.4) is 0 Å². The lowest BCUT2D eigenvalue weighted by atomic mass is 9.85. The van der Waals surface area contributed by atoms with E-state index in [1.54, 1.807) is 22.8 Å². The number of fused-ring (bicyclic) bond motifs is 3. The second kappa shape index (κ2) is 7.11. The maximum atomic E-state index is 12.9. The third-order valence-corrected chi connectivity index (χ3v) is 8.38. The number of ether oxygens (including phenoxy) is 1. The Morgan fingerprint density at radius 2 is 1.92 bits per heavy atom. The molecule has 0 N–H and O–H groups in total. The predicted octanol–water partition coefficient (Wildman–Crippen LogP) is 2.03. The first-order valence-corrected chi connectivity index (χ1v) is 11.0. The van der Waals surface area contributed by atoms with Crippen molar-refractivity contribution in [1.29, 1.82) is 0 Å². The Labute approximate surface area is 156 Å². The summed E-state index contributed by atoms with van der Waals surface area (Å²) in [6.45, 7) is 3.33. The third kappa shape index (κ3) is 3.15. The fourth-order valence-corrected chi connectivity index (χ4v) is 6.37. The van der Waals surface area contributed by atoms with Crippen molar-refractivity contribution in [2.75, 3.05) is 40.3 Å². The van der Waals surface area contributed by atoms with E-state index in [0.29, 0.717) is 19.1 Å². The van der Waals surface area contributed by atoms with Crippen molar-refractivity contribution < 1.29 is 13.2 Å². The minimum absolute atomic E-state index is 0.0647. The highest BCUT2D eigenvalue weighted by molar-refractivity contribution is 7.86. The zero-order valence-corrected chi connectivity index (χ0v) is 16.5. The maximum Gasteiger partial charge on any atom is 0.281 e. The van der Waals surface area contributed by atoms with Gasteiger partial charge in [0, 0.05) is 45.3 Å². The molecular formula is C19H29N3O3S. The summed E-state index contributed by atoms with van der Waals surface area (Å²) in [6, 6.07) is 6.70. The molecule has 2 unspecified atom stereocenters. The molecule has 2 saturated heterocycles. The Morgan fingerprint density at radius 3 is 2.65 bits per heavy atom. The van der Waals surface area contributed by atoms with E-state index in [4.69, 9.17) is 4.74 Å². The summed E-state index contributed by atoms with van der Waals surface area (Å²) < 4.78 is 34.6. The molecule has 0 amide bonds. The number of methoxy groups -OCH3 is 1. The average Bonchev–Trinajstić information content (AvgIpc) is 3.22. The molecule has 26 heavy (non-hydrogen) atoms. The van der Waals surface area contributed by atoms with Gasteiger partial charge in [-0.1, -0.05) is 6.07 Å². The van der Waals surface area contributed by atoms with E-state index in [1.165, 1.54) is 11.1 Å². The topological polar surface area (TPSA) is 53.1 Å². The Balaban J connectivity index is 1.55. The van der Waals surface area contributed by atoms with Gasteiger partial charge in [0.1, 0.15) is 5.75 Å². The summed E-state index contributed by atoms with van der Waals surface area (Å²) in [5.41, 5.74) is 2.69. The minimum Gasteiger partial charge on any atom is -0.497 e. The van der Waals surface area contributed by atoms with Gasteiger partial charge in [-0.15, -0.1) is 0 Å². The van der Waals surface area contributed by atoms with Crippen LogP contribution in [0.15, 0.2) is 18.2 Å². The predicted molar refractivity (Wildman–Crippen MR) is 102 cm³/mol. The molecule has 0 spiro atoms. The van der Waals surface area contributed by atoms with E-state index in [2.05, 4.69) is 17.0 Å². The third-order valence-electron chi connectivity index (χ3n) is 6.33. The van der Waals surface area contributed by atoms with E-state index in [-0.39, 0.29) is 6.04 Å². The van der Waals surface area contributed by atoms with E-state index >= 15 is 0 Å². The summed E-state index contributed by atoms with van der Waals surface area (Å²) in [6.07, 6.45) is 4.76. The zero-order valence-electron chi connectivity index (χ0n) is 15.7. The summed E-state index contributed by atoms with van der Waals surface area (Å²) >= 11 is 0. The highest BCUT2D eigenvalue weighted by Crippen LogP contribution is 2.39. The van der Waals surface area contributed by atoms with Crippen LogP contribution in [0.5, 0.6) is 5.75 Å². The van der Waals surface area contributed by atoms with Gasteiger partial charge in [-0.3, -0.25) is 4.90 Å². The van der Waals surface area contributed by atoms with Crippen LogP contribution in [0.1, 0.15) is 42.9 Å². The number of nitrogens with zero attached hydrogens (tertiary/aromatic N) is 3. The van der Waals surface area contributed by atoms with Crippen LogP contribution in [0.2, 0.25) is 0 Å². The van der Waals surface area contributed by atoms with Crippen molar-refractivity contribution in [3.63, 3.8) is 0 Å². The van der Waals surface area contributed by atoms with Gasteiger partial charge in [0.15, 0.2) is 0 Å². The molecule has 3 aliphatic rings. The second-order valence-electron chi connectivity index (χ2n) is 7.67. The fraction of sp³-hybridized carbons (Fsp3) is 0.684. The normalized spacial score (nSPS) is 27.3. The monoisotopic (exact) mass is 379 g/mol. The van der Waals surface area contributed by atoms with Crippen LogP contribution in [0.4, 0.5) is 0 Å². The largest absolute Gasteiger partial charge is 0.497 e. The number of piperidine rings is 1. The molecule has 1 aromatic carbocycles. The second-order valence-corrected chi connectivity index (χ2v) is 9.66. The van der Waals surface area contributed by atoms with Crippen LogP contribution in [0, 0.1) is 0 Å². The molecule has 6 nitrogen and oxygen atoms in total. The Bertz CT molecular complexity index is 761. The molecule has 144 valence electrons. The zero-order chi connectivity index (χ0) is 18.3. The van der Waals surface area contributed by atoms with E-state index in [1.807, 2.05) is 6.07 Å². The highest BCUT2D eigenvalue weighted by Gasteiger charge is 2.40. The van der Waals surface area contributed by atoms with E-state index in [9.17, 15) is 8.42 Å². The van der Waals surface area contributed by atoms with Gasteiger partial charge in [-0.05, 0) is 55.4 Å². The van der Waals surface area contributed by atoms with Crippen LogP contribution in [-0.4, -0.2) is 68.3 Å². The van der Waals surface area contributed by atoms with Gasteiger partial charge in [0.2, 0.25) is 0 Å². The maximum absolute atomic E-state index is 12.9. The van der Waals surface area contributed by atoms with E-state index in [0.717, 1.165) is 50.9 Å². The molecule has 0 aromatic heterocycles. The number of rotatable bonds is 4. The first-order chi connectivity index (χ1) is 12.5. The smallest absolute Gasteiger partial charge is 0.281 e. The van der Waals surface area contributed by atoms with E-state index < -0.39 is 10.2 Å². The SMILES string of the molecule is COc1ccc2c(c1)CCN1CCC(N(C)S(=O)(=O)N3CCCC3)CC21. The quantitative estimate of drug-likeness (QED) is 0.803. The van der Waals surface area contributed by atoms with Gasteiger partial charge in [-0.25, -0.2) is 0 Å². The minimum atomic E-state index is -3.34. The van der Waals surface area contributed by atoms with Crippen LogP contribution in [0.25, 0.3) is 0 Å². The first-order valence-electron chi connectivity index (χ1n) is 9.64. The molecule has 1 aromatic rings. The van der Waals surface area contributed by atoms with Gasteiger partial charge in [-0.2, -0.15) is 17.0 Å². The van der Waals surface area contributed by atoms with Gasteiger partial charge in [0.05, 0.1) is 7.11 Å². The molecule has 3 heterocycles. The van der Waals surface area contributed by atoms with Crippen LogP contribution < -0.4 is 4.74 Å². The fourth-order valence-electron chi connectivity index (χ4n) is 4.72. The van der Waals surface area contributed by atoms with Gasteiger partial charge < -0.3 is 4.74 Å². The number of hydrogen-bond donors (Lipinski definition) is 0. The average molecular weight is 380 g/mol. The van der Waals surface area contributed by atoms with Crippen molar-refractivity contribution >= 4 is 10.2 Å². The number of benzene rings is 1. The van der Waals surface area contributed by atoms with Crippen molar-refractivity contribution in [3.05, 3.63) is 29.3 Å². The van der Waals surface area contributed by atoms with Crippen molar-refractivity contribution in [3.8, 4) is 5.75 Å². The first kappa shape index (κ1) is 18.2. The molecule has 2 atom stereocenters. The summed E-state index contributed by atoms with van der Waals surface area (Å²) in [5, 5.41) is 0. The van der Waals surface area contributed by atoms with Crippen molar-refractivity contribution in [2.45, 2.75) is 44.2 Å². The number of hydrogen-bond acceptors (Lipinski definition) is 4. The molecule has 4 rings (SSSR count). The summed E-state index contributed by atoms with van der Waals surface area (Å²) in [5.74, 6) is 0.901. The standard InChI is InChI=1S/C19H29N3O3S/c1-20(26(23,24)22-9-3-4-10-22)16-8-12-21-11-7-15-13-17(25-2)5-6-18(15)19(21)14-16/h5-6,13,16,19H,3-4,7-12,14H2,1-2H3. The van der Waals surface area contributed by atoms with Crippen molar-refractivity contribution in [2.24, 2.45) is 0 Å². The summed E-state index contributed by atoms with van der Waals surface area (Å²) in [7, 11) is 0.134. The lowest BCUT2D eigenvalue weighted by Gasteiger charge is -2.45. The van der Waals surface area contributed by atoms with Gasteiger partial charge in [0.25, 0.3) is 10.2 Å². The lowest BCUT2D eigenvalue weighted by Crippen LogP contribution is -2.51. The van der Waals surface area contributed by atoms with Crippen LogP contribution >= 0.6 is 0 Å². The highest BCUT2D eigenvalue weighted by atomic mass is 32.2. The molecule has 7 heteroatoms. The van der Waals surface area contributed by atoms with Crippen LogP contribution in [-0.2, 0) is 16.6 Å². The molecule has 0 aliphatic carbocycles. The van der Waals surface area contributed by atoms with Crippen molar-refractivity contribution in [1.82, 2.24) is 13.5 Å².